The Morgan fingerprint density at radius 2 is 2.25 bits per heavy atom. The minimum Gasteiger partial charge on any atom is -0.468 e. The smallest absolute Gasteiger partial charge is 0.328 e. The second-order valence-electron chi connectivity index (χ2n) is 6.75. The van der Waals surface area contributed by atoms with Crippen LogP contribution in [0.15, 0.2) is 42.6 Å². The molecule has 1 fully saturated rings. The van der Waals surface area contributed by atoms with Crippen LogP contribution in [-0.4, -0.2) is 47.0 Å². The van der Waals surface area contributed by atoms with Crippen molar-refractivity contribution in [2.45, 2.75) is 23.8 Å². The number of esters is 1. The zero-order valence-corrected chi connectivity index (χ0v) is 14.4. The molecule has 3 heterocycles. The third kappa shape index (κ3) is 2.45. The second kappa shape index (κ2) is 5.94. The van der Waals surface area contributed by atoms with Gasteiger partial charge in [0.15, 0.2) is 4.87 Å². The normalized spacial score (nSPS) is 29.2. The van der Waals surface area contributed by atoms with Crippen LogP contribution in [0.4, 0.5) is 0 Å². The van der Waals surface area contributed by atoms with Crippen LogP contribution in [0.3, 0.4) is 0 Å². The molecular weight excluding hydrogens is 324 g/mol. The summed E-state index contributed by atoms with van der Waals surface area (Å²) in [4.78, 5) is 16.9. The van der Waals surface area contributed by atoms with Crippen molar-refractivity contribution >= 4 is 28.5 Å². The lowest BCUT2D eigenvalue weighted by Gasteiger charge is -2.49. The first-order chi connectivity index (χ1) is 11.6. The summed E-state index contributed by atoms with van der Waals surface area (Å²) in [5.41, 5.74) is 2.46. The highest BCUT2D eigenvalue weighted by molar-refractivity contribution is 6.35. The van der Waals surface area contributed by atoms with Crippen molar-refractivity contribution in [2.24, 2.45) is 5.92 Å². The van der Waals surface area contributed by atoms with Crippen molar-refractivity contribution in [2.75, 3.05) is 20.2 Å². The number of methoxy groups -OCH3 is 1. The average molecular weight is 345 g/mol. The van der Waals surface area contributed by atoms with Crippen LogP contribution in [-0.2, 0) is 16.0 Å². The van der Waals surface area contributed by atoms with Gasteiger partial charge in [0.1, 0.15) is 0 Å². The Bertz CT molecular complexity index is 800. The van der Waals surface area contributed by atoms with E-state index in [0.29, 0.717) is 12.3 Å². The number of aromatic nitrogens is 1. The van der Waals surface area contributed by atoms with Gasteiger partial charge in [-0.25, -0.2) is 0 Å². The van der Waals surface area contributed by atoms with E-state index in [0.717, 1.165) is 25.0 Å². The molecule has 0 radical (unpaired) electrons. The van der Waals surface area contributed by atoms with Gasteiger partial charge in [-0.05, 0) is 30.4 Å². The molecule has 4 nitrogen and oxygen atoms in total. The van der Waals surface area contributed by atoms with Crippen LogP contribution in [0.2, 0.25) is 0 Å². The minimum absolute atomic E-state index is 0.0955. The summed E-state index contributed by atoms with van der Waals surface area (Å²) in [5.74, 6) is -0.00474. The molecule has 5 heteroatoms. The van der Waals surface area contributed by atoms with Crippen LogP contribution >= 0.6 is 11.6 Å². The topological polar surface area (TPSA) is 45.3 Å². The van der Waals surface area contributed by atoms with Gasteiger partial charge in [0.2, 0.25) is 0 Å². The van der Waals surface area contributed by atoms with E-state index >= 15 is 0 Å². The van der Waals surface area contributed by atoms with Crippen LogP contribution in [0.5, 0.6) is 0 Å². The Labute approximate surface area is 146 Å². The monoisotopic (exact) mass is 344 g/mol. The number of nitrogens with one attached hydrogen (secondary N) is 1. The zero-order chi connectivity index (χ0) is 16.7. The van der Waals surface area contributed by atoms with Crippen LogP contribution in [0.25, 0.3) is 10.9 Å². The van der Waals surface area contributed by atoms with Gasteiger partial charge in [0.05, 0.1) is 13.2 Å². The van der Waals surface area contributed by atoms with Crippen molar-refractivity contribution in [3.63, 3.8) is 0 Å². The summed E-state index contributed by atoms with van der Waals surface area (Å²) in [6, 6.07) is 8.23. The zero-order valence-electron chi connectivity index (χ0n) is 13.7. The number of halogens is 1. The Morgan fingerprint density at radius 3 is 3.04 bits per heavy atom. The lowest BCUT2D eigenvalue weighted by Crippen LogP contribution is -2.62. The number of carbonyl (C=O) groups is 1. The lowest BCUT2D eigenvalue weighted by molar-refractivity contribution is -0.147. The molecule has 2 bridgehead atoms. The fraction of sp³-hybridized carbons (Fsp3) is 0.421. The summed E-state index contributed by atoms with van der Waals surface area (Å²) in [6.07, 6.45) is 7.94. The molecule has 1 aliphatic carbocycles. The number of H-pyrrole nitrogens is 1. The van der Waals surface area contributed by atoms with E-state index in [1.165, 1.54) is 18.1 Å². The highest BCUT2D eigenvalue weighted by atomic mass is 35.5. The standard InChI is InChI=1S/C19H21ClN2O2/c1-24-18(23)19(20)10-13-6-7-17(19)22(12-13)9-8-14-11-21-16-5-3-2-4-15(14)16/h2-7,11,13,17,21H,8-10,12H2,1H3. The van der Waals surface area contributed by atoms with Gasteiger partial charge in [0, 0.05) is 30.2 Å². The third-order valence-electron chi connectivity index (χ3n) is 5.32. The number of alkyl halides is 1. The van der Waals surface area contributed by atoms with E-state index in [1.54, 1.807) is 0 Å². The van der Waals surface area contributed by atoms with Gasteiger partial charge in [-0.3, -0.25) is 9.69 Å². The van der Waals surface area contributed by atoms with E-state index in [4.69, 9.17) is 16.3 Å². The molecule has 5 rings (SSSR count). The number of ether oxygens (including phenoxy) is 1. The molecule has 126 valence electrons. The quantitative estimate of drug-likeness (QED) is 0.526. The Hall–Kier alpha value is -1.78. The highest BCUT2D eigenvalue weighted by Crippen LogP contribution is 2.42. The SMILES string of the molecule is COC(=O)C1(Cl)CC2C=CC1N(CCc1c[nH]c3ccccc13)C2. The molecule has 3 atom stereocenters. The summed E-state index contributed by atoms with van der Waals surface area (Å²) in [6.45, 7) is 1.83. The molecule has 2 aromatic rings. The molecule has 1 saturated heterocycles. The molecule has 3 aliphatic rings. The van der Waals surface area contributed by atoms with Crippen molar-refractivity contribution in [1.29, 1.82) is 0 Å². The molecule has 24 heavy (non-hydrogen) atoms. The number of piperidine rings is 1. The molecule has 0 amide bonds. The predicted molar refractivity (Wildman–Crippen MR) is 95.2 cm³/mol. The van der Waals surface area contributed by atoms with Crippen molar-refractivity contribution in [3.8, 4) is 0 Å². The van der Waals surface area contributed by atoms with Gasteiger partial charge in [-0.2, -0.15) is 0 Å². The second-order valence-corrected chi connectivity index (χ2v) is 7.43. The number of nitrogens with zero attached hydrogens (tertiary/aromatic N) is 1. The summed E-state index contributed by atoms with van der Waals surface area (Å²) < 4.78 is 4.97. The number of hydrogen-bond donors (Lipinski definition) is 1. The van der Waals surface area contributed by atoms with Gasteiger partial charge in [0.25, 0.3) is 0 Å². The number of hydrogen-bond acceptors (Lipinski definition) is 3. The Morgan fingerprint density at radius 1 is 1.42 bits per heavy atom. The largest absolute Gasteiger partial charge is 0.468 e. The molecule has 1 aromatic carbocycles. The number of aromatic amines is 1. The first-order valence-electron chi connectivity index (χ1n) is 8.36. The maximum absolute atomic E-state index is 12.2. The predicted octanol–water partition coefficient (Wildman–Crippen LogP) is 3.12. The Kier molecular flexibility index (Phi) is 3.89. The lowest BCUT2D eigenvalue weighted by atomic mass is 9.76. The van der Waals surface area contributed by atoms with E-state index < -0.39 is 4.87 Å². The highest BCUT2D eigenvalue weighted by Gasteiger charge is 2.53. The number of benzene rings is 1. The maximum atomic E-state index is 12.2. The molecule has 0 spiro atoms. The van der Waals surface area contributed by atoms with Gasteiger partial charge in [-0.15, -0.1) is 11.6 Å². The van der Waals surface area contributed by atoms with Crippen molar-refractivity contribution in [3.05, 3.63) is 48.2 Å². The summed E-state index contributed by atoms with van der Waals surface area (Å²) in [7, 11) is 1.41. The van der Waals surface area contributed by atoms with Gasteiger partial charge >= 0.3 is 5.97 Å². The third-order valence-corrected chi connectivity index (χ3v) is 5.86. The molecule has 3 unspecified atom stereocenters. The van der Waals surface area contributed by atoms with Crippen LogP contribution in [0, 0.1) is 5.92 Å². The molecular formula is C19H21ClN2O2. The minimum atomic E-state index is -0.952. The number of carbonyl (C=O) groups excluding carboxylic acids is 1. The van der Waals surface area contributed by atoms with Gasteiger partial charge < -0.3 is 9.72 Å². The molecule has 2 aliphatic heterocycles. The first kappa shape index (κ1) is 15.7. The van der Waals surface area contributed by atoms with Crippen molar-refractivity contribution in [1.82, 2.24) is 9.88 Å². The van der Waals surface area contributed by atoms with E-state index in [-0.39, 0.29) is 12.0 Å². The van der Waals surface area contributed by atoms with Gasteiger partial charge in [-0.1, -0.05) is 30.4 Å². The molecule has 1 aromatic heterocycles. The number of fused-ring (bicyclic) bond motifs is 3. The number of para-hydroxylation sites is 1. The first-order valence-corrected chi connectivity index (χ1v) is 8.74. The molecule has 0 saturated carbocycles. The average Bonchev–Trinajstić information content (AvgIpc) is 3.02. The fourth-order valence-electron chi connectivity index (χ4n) is 4.14. The maximum Gasteiger partial charge on any atom is 0.328 e. The van der Waals surface area contributed by atoms with E-state index in [9.17, 15) is 4.79 Å². The van der Waals surface area contributed by atoms with E-state index in [1.807, 2.05) is 6.07 Å². The fourth-order valence-corrected chi connectivity index (χ4v) is 4.63. The summed E-state index contributed by atoms with van der Waals surface area (Å²) >= 11 is 6.70. The van der Waals surface area contributed by atoms with E-state index in [2.05, 4.69) is 46.4 Å². The Balaban J connectivity index is 1.53. The summed E-state index contributed by atoms with van der Waals surface area (Å²) in [5, 5.41) is 1.26. The van der Waals surface area contributed by atoms with Crippen LogP contribution in [0.1, 0.15) is 12.0 Å². The molecule has 1 N–H and O–H groups in total. The number of rotatable bonds is 4. The van der Waals surface area contributed by atoms with Crippen molar-refractivity contribution < 1.29 is 9.53 Å². The van der Waals surface area contributed by atoms with Crippen LogP contribution < -0.4 is 0 Å².